The average Bonchev–Trinajstić information content (AvgIpc) is 3.19. The SMILES string of the molecule is Cc1cc(/C(O)=C2/C(=O)C(=O)N(c3ccccc3)C2c2cccnc2)ccc1OCc1ccccc1. The van der Waals surface area contributed by atoms with Crippen LogP contribution in [0.1, 0.15) is 28.3 Å². The monoisotopic (exact) mass is 476 g/mol. The van der Waals surface area contributed by atoms with E-state index in [9.17, 15) is 14.7 Å². The molecule has 1 aliphatic heterocycles. The number of pyridine rings is 1. The molecule has 3 aromatic carbocycles. The van der Waals surface area contributed by atoms with Crippen molar-refractivity contribution in [3.8, 4) is 5.75 Å². The van der Waals surface area contributed by atoms with E-state index in [0.717, 1.165) is 11.1 Å². The van der Waals surface area contributed by atoms with Crippen LogP contribution in [0, 0.1) is 6.92 Å². The minimum atomic E-state index is -0.810. The molecule has 1 N–H and O–H groups in total. The maximum Gasteiger partial charge on any atom is 0.300 e. The van der Waals surface area contributed by atoms with Crippen molar-refractivity contribution in [2.24, 2.45) is 0 Å². The zero-order chi connectivity index (χ0) is 25.1. The molecule has 6 heteroatoms. The first kappa shape index (κ1) is 23.1. The summed E-state index contributed by atoms with van der Waals surface area (Å²) in [5.41, 5.74) is 3.48. The number of hydrogen-bond acceptors (Lipinski definition) is 5. The van der Waals surface area contributed by atoms with Crippen LogP contribution in [-0.4, -0.2) is 21.8 Å². The van der Waals surface area contributed by atoms with Gasteiger partial charge in [-0.25, -0.2) is 0 Å². The van der Waals surface area contributed by atoms with Crippen molar-refractivity contribution in [2.75, 3.05) is 4.90 Å². The van der Waals surface area contributed by atoms with Gasteiger partial charge in [0.2, 0.25) is 0 Å². The first-order chi connectivity index (χ1) is 17.5. The molecular weight excluding hydrogens is 452 g/mol. The summed E-state index contributed by atoms with van der Waals surface area (Å²) in [5.74, 6) is -1.01. The largest absolute Gasteiger partial charge is 0.507 e. The number of Topliss-reactive ketones (excluding diaryl/α,β-unsaturated/α-hetero) is 1. The Kier molecular flexibility index (Phi) is 6.33. The van der Waals surface area contributed by atoms with E-state index >= 15 is 0 Å². The lowest BCUT2D eigenvalue weighted by Gasteiger charge is -2.25. The van der Waals surface area contributed by atoms with Crippen LogP contribution in [-0.2, 0) is 16.2 Å². The number of aliphatic hydroxyl groups is 1. The van der Waals surface area contributed by atoms with Gasteiger partial charge < -0.3 is 9.84 Å². The number of ether oxygens (including phenoxy) is 1. The Morgan fingerprint density at radius 2 is 1.67 bits per heavy atom. The number of benzene rings is 3. The number of rotatable bonds is 6. The molecule has 0 saturated carbocycles. The first-order valence-corrected chi connectivity index (χ1v) is 11.6. The summed E-state index contributed by atoms with van der Waals surface area (Å²) >= 11 is 0. The summed E-state index contributed by atoms with van der Waals surface area (Å²) < 4.78 is 5.95. The third kappa shape index (κ3) is 4.36. The van der Waals surface area contributed by atoms with Crippen LogP contribution in [0.25, 0.3) is 5.76 Å². The smallest absolute Gasteiger partial charge is 0.300 e. The summed E-state index contributed by atoms with van der Waals surface area (Å²) in [7, 11) is 0. The minimum Gasteiger partial charge on any atom is -0.507 e. The Labute approximate surface area is 209 Å². The van der Waals surface area contributed by atoms with Crippen molar-refractivity contribution in [1.82, 2.24) is 4.98 Å². The quantitative estimate of drug-likeness (QED) is 0.223. The second-order valence-electron chi connectivity index (χ2n) is 8.55. The number of amides is 1. The average molecular weight is 477 g/mol. The molecular formula is C30H24N2O4. The summed E-state index contributed by atoms with van der Waals surface area (Å²) in [6.07, 6.45) is 3.22. The molecule has 1 aliphatic rings. The van der Waals surface area contributed by atoms with Gasteiger partial charge in [-0.05, 0) is 60.0 Å². The Bertz CT molecular complexity index is 1430. The predicted octanol–water partition coefficient (Wildman–Crippen LogP) is 5.60. The van der Waals surface area contributed by atoms with Crippen LogP contribution in [0.4, 0.5) is 5.69 Å². The number of hydrogen-bond donors (Lipinski definition) is 1. The maximum atomic E-state index is 13.2. The number of carbonyl (C=O) groups is 2. The molecule has 0 aliphatic carbocycles. The number of para-hydroxylation sites is 1. The number of anilines is 1. The van der Waals surface area contributed by atoms with E-state index in [1.165, 1.54) is 4.90 Å². The molecule has 1 atom stereocenters. The van der Waals surface area contributed by atoms with Crippen molar-refractivity contribution in [3.63, 3.8) is 0 Å². The van der Waals surface area contributed by atoms with Crippen LogP contribution < -0.4 is 9.64 Å². The van der Waals surface area contributed by atoms with Crippen molar-refractivity contribution in [1.29, 1.82) is 0 Å². The Morgan fingerprint density at radius 1 is 0.944 bits per heavy atom. The first-order valence-electron chi connectivity index (χ1n) is 11.6. The zero-order valence-corrected chi connectivity index (χ0v) is 19.7. The van der Waals surface area contributed by atoms with Crippen molar-refractivity contribution in [3.05, 3.63) is 131 Å². The number of ketones is 1. The fraction of sp³-hybridized carbons (Fsp3) is 0.100. The number of carbonyl (C=O) groups excluding carboxylic acids is 2. The van der Waals surface area contributed by atoms with Gasteiger partial charge in [-0.1, -0.05) is 54.6 Å². The lowest BCUT2D eigenvalue weighted by molar-refractivity contribution is -0.132. The Morgan fingerprint density at radius 3 is 2.33 bits per heavy atom. The van der Waals surface area contributed by atoms with E-state index < -0.39 is 17.7 Å². The highest BCUT2D eigenvalue weighted by atomic mass is 16.5. The van der Waals surface area contributed by atoms with Crippen LogP contribution in [0.15, 0.2) is 109 Å². The zero-order valence-electron chi connectivity index (χ0n) is 19.7. The van der Waals surface area contributed by atoms with Crippen LogP contribution in [0.3, 0.4) is 0 Å². The van der Waals surface area contributed by atoms with Gasteiger partial charge in [-0.15, -0.1) is 0 Å². The molecule has 36 heavy (non-hydrogen) atoms. The standard InChI is InChI=1S/C30H24N2O4/c1-20-17-22(14-15-25(20)36-19-21-9-4-2-5-10-21)28(33)26-27(23-11-8-16-31-18-23)32(30(35)29(26)34)24-12-6-3-7-13-24/h2-18,27,33H,19H2,1H3/b28-26-. The highest BCUT2D eigenvalue weighted by Gasteiger charge is 2.47. The molecule has 4 aromatic rings. The third-order valence-electron chi connectivity index (χ3n) is 6.16. The van der Waals surface area contributed by atoms with Gasteiger partial charge in [0.1, 0.15) is 18.1 Å². The van der Waals surface area contributed by atoms with Gasteiger partial charge >= 0.3 is 0 Å². The molecule has 1 aromatic heterocycles. The van der Waals surface area contributed by atoms with E-state index in [-0.39, 0.29) is 11.3 Å². The molecule has 1 saturated heterocycles. The lowest BCUT2D eigenvalue weighted by atomic mass is 9.95. The predicted molar refractivity (Wildman–Crippen MR) is 137 cm³/mol. The van der Waals surface area contributed by atoms with E-state index in [2.05, 4.69) is 4.98 Å². The topological polar surface area (TPSA) is 79.7 Å². The molecule has 2 heterocycles. The van der Waals surface area contributed by atoms with Gasteiger partial charge in [-0.3, -0.25) is 19.5 Å². The van der Waals surface area contributed by atoms with Crippen LogP contribution in [0.5, 0.6) is 5.75 Å². The van der Waals surface area contributed by atoms with Crippen molar-refractivity contribution < 1.29 is 19.4 Å². The molecule has 1 unspecified atom stereocenters. The molecule has 0 radical (unpaired) electrons. The minimum absolute atomic E-state index is 0.0224. The number of aromatic nitrogens is 1. The number of aryl methyl sites for hydroxylation is 1. The summed E-state index contributed by atoms with van der Waals surface area (Å²) in [6, 6.07) is 26.7. The summed E-state index contributed by atoms with van der Waals surface area (Å²) in [5, 5.41) is 11.3. The molecule has 1 amide bonds. The van der Waals surface area contributed by atoms with Crippen LogP contribution in [0.2, 0.25) is 0 Å². The van der Waals surface area contributed by atoms with Crippen molar-refractivity contribution >= 4 is 23.1 Å². The van der Waals surface area contributed by atoms with Crippen LogP contribution >= 0.6 is 0 Å². The highest BCUT2D eigenvalue weighted by molar-refractivity contribution is 6.51. The van der Waals surface area contributed by atoms with E-state index in [0.29, 0.717) is 29.2 Å². The summed E-state index contributed by atoms with van der Waals surface area (Å²) in [6.45, 7) is 2.29. The van der Waals surface area contributed by atoms with Gasteiger partial charge in [0.05, 0.1) is 11.6 Å². The lowest BCUT2D eigenvalue weighted by Crippen LogP contribution is -2.29. The van der Waals surface area contributed by atoms with Gasteiger partial charge in [0.25, 0.3) is 11.7 Å². The molecule has 1 fully saturated rings. The van der Waals surface area contributed by atoms with E-state index in [4.69, 9.17) is 4.74 Å². The third-order valence-corrected chi connectivity index (χ3v) is 6.16. The fourth-order valence-electron chi connectivity index (χ4n) is 4.39. The Hall–Kier alpha value is -4.71. The number of aliphatic hydroxyl groups excluding tert-OH is 1. The second kappa shape index (κ2) is 9.88. The molecule has 0 spiro atoms. The number of nitrogens with zero attached hydrogens (tertiary/aromatic N) is 2. The maximum absolute atomic E-state index is 13.2. The summed E-state index contributed by atoms with van der Waals surface area (Å²) in [4.78, 5) is 32.0. The molecule has 0 bridgehead atoms. The van der Waals surface area contributed by atoms with Crippen molar-refractivity contribution in [2.45, 2.75) is 19.6 Å². The highest BCUT2D eigenvalue weighted by Crippen LogP contribution is 2.42. The fourth-order valence-corrected chi connectivity index (χ4v) is 4.39. The second-order valence-corrected chi connectivity index (χ2v) is 8.55. The van der Waals surface area contributed by atoms with Gasteiger partial charge in [0.15, 0.2) is 0 Å². The van der Waals surface area contributed by atoms with E-state index in [1.54, 1.807) is 67.0 Å². The molecule has 5 rings (SSSR count). The van der Waals surface area contributed by atoms with Gasteiger partial charge in [-0.2, -0.15) is 0 Å². The molecule has 6 nitrogen and oxygen atoms in total. The van der Waals surface area contributed by atoms with E-state index in [1.807, 2.05) is 43.3 Å². The van der Waals surface area contributed by atoms with Gasteiger partial charge in [0, 0.05) is 23.6 Å². The molecule has 178 valence electrons. The Balaban J connectivity index is 1.54. The normalized spacial score (nSPS) is 16.8.